The number of para-hydroxylation sites is 2. The number of aromatic amines is 1. The topological polar surface area (TPSA) is 28.7 Å². The van der Waals surface area contributed by atoms with Gasteiger partial charge >= 0.3 is 18.9 Å². The Morgan fingerprint density at radius 2 is 2.00 bits per heavy atom. The van der Waals surface area contributed by atoms with E-state index in [2.05, 4.69) is 22.6 Å². The van der Waals surface area contributed by atoms with Crippen molar-refractivity contribution >= 4 is 42.5 Å². The molecule has 0 aliphatic rings. The molecule has 0 fully saturated rings. The molecule has 4 heteroatoms. The van der Waals surface area contributed by atoms with E-state index in [9.17, 15) is 0 Å². The molecule has 1 aromatic carbocycles. The summed E-state index contributed by atoms with van der Waals surface area (Å²) >= 11 is 4.08. The van der Waals surface area contributed by atoms with Gasteiger partial charge in [-0.25, -0.2) is 4.98 Å². The van der Waals surface area contributed by atoms with Gasteiger partial charge in [-0.05, 0) is 12.1 Å². The monoisotopic (exact) mass is 158 g/mol. The molecule has 0 aliphatic carbocycles. The molecule has 2 aromatic rings. The van der Waals surface area contributed by atoms with Gasteiger partial charge in [-0.1, -0.05) is 12.1 Å². The predicted octanol–water partition coefficient (Wildman–Crippen LogP) is 1.20. The van der Waals surface area contributed by atoms with Crippen molar-refractivity contribution in [3.8, 4) is 0 Å². The number of imidazole rings is 1. The molecule has 1 aromatic heterocycles. The van der Waals surface area contributed by atoms with Crippen LogP contribution >= 0.6 is 12.6 Å². The normalized spacial score (nSPS) is 9.55. The Labute approximate surface area is 82.0 Å². The van der Waals surface area contributed by atoms with Gasteiger partial charge < -0.3 is 4.98 Å². The molecule has 0 atom stereocenters. The van der Waals surface area contributed by atoms with E-state index in [4.69, 9.17) is 0 Å². The summed E-state index contributed by atoms with van der Waals surface area (Å²) in [5.41, 5.74) is 2.00. The maximum atomic E-state index is 4.12. The minimum absolute atomic E-state index is 0. The zero-order valence-electron chi connectivity index (χ0n) is 5.20. The van der Waals surface area contributed by atoms with E-state index in [-0.39, 0.29) is 18.9 Å². The third kappa shape index (κ3) is 1.62. The van der Waals surface area contributed by atoms with Crippen molar-refractivity contribution in [2.45, 2.75) is 5.16 Å². The molecule has 1 heterocycles. The second-order valence-corrected chi connectivity index (χ2v) is 2.50. The quantitative estimate of drug-likeness (QED) is 0.437. The van der Waals surface area contributed by atoms with Crippen LogP contribution < -0.4 is 0 Å². The van der Waals surface area contributed by atoms with Crippen molar-refractivity contribution < 1.29 is 0 Å². The van der Waals surface area contributed by atoms with Gasteiger partial charge in [0.2, 0.25) is 0 Å². The van der Waals surface area contributed by atoms with E-state index in [0.717, 1.165) is 11.0 Å². The van der Waals surface area contributed by atoms with Gasteiger partial charge in [0.15, 0.2) is 5.16 Å². The Morgan fingerprint density at radius 1 is 1.27 bits per heavy atom. The molecule has 0 bridgehead atoms. The van der Waals surface area contributed by atoms with Crippen LogP contribution in [0.1, 0.15) is 0 Å². The molecule has 2 rings (SSSR count). The molecule has 0 radical (unpaired) electrons. The number of rotatable bonds is 0. The second kappa shape index (κ2) is 3.36. The average molecular weight is 158 g/mol. The van der Waals surface area contributed by atoms with Crippen LogP contribution in [0.5, 0.6) is 0 Å². The molecule has 0 amide bonds. The van der Waals surface area contributed by atoms with Crippen LogP contribution in [0.25, 0.3) is 11.0 Å². The van der Waals surface area contributed by atoms with Crippen molar-refractivity contribution in [2.75, 3.05) is 0 Å². The Kier molecular flexibility index (Phi) is 2.66. The Morgan fingerprint density at radius 3 is 2.73 bits per heavy atom. The van der Waals surface area contributed by atoms with Crippen molar-refractivity contribution in [1.82, 2.24) is 9.97 Å². The first-order chi connectivity index (χ1) is 4.86. The fourth-order valence-corrected chi connectivity index (χ4v) is 1.17. The van der Waals surface area contributed by atoms with Crippen LogP contribution in [0.15, 0.2) is 29.4 Å². The number of nitrogens with one attached hydrogen (secondary N) is 1. The zero-order valence-corrected chi connectivity index (χ0v) is 6.10. The van der Waals surface area contributed by atoms with Crippen LogP contribution in [0.4, 0.5) is 0 Å². The molecule has 0 spiro atoms. The van der Waals surface area contributed by atoms with Crippen molar-refractivity contribution in [3.05, 3.63) is 24.3 Å². The fraction of sp³-hybridized carbons (Fsp3) is 0. The summed E-state index contributed by atoms with van der Waals surface area (Å²) in [6.07, 6.45) is 0. The van der Waals surface area contributed by atoms with Crippen LogP contribution in [0.3, 0.4) is 0 Å². The van der Waals surface area contributed by atoms with Gasteiger partial charge in [0.05, 0.1) is 11.0 Å². The molecule has 0 unspecified atom stereocenters. The number of aromatic nitrogens is 2. The predicted molar refractivity (Wildman–Crippen MR) is 50.5 cm³/mol. The standard InChI is InChI=1S/C7H6N2S.Li.H/c10-7-8-5-3-1-2-4-6(5)9-7;;/h1-4H,(H2,8,9,10);;. The average Bonchev–Trinajstić information content (AvgIpc) is 2.27. The van der Waals surface area contributed by atoms with E-state index in [1.54, 1.807) is 0 Å². The third-order valence-corrected chi connectivity index (χ3v) is 1.59. The third-order valence-electron chi connectivity index (χ3n) is 1.38. The van der Waals surface area contributed by atoms with E-state index >= 15 is 0 Å². The van der Waals surface area contributed by atoms with Gasteiger partial charge in [0.25, 0.3) is 0 Å². The van der Waals surface area contributed by atoms with Crippen LogP contribution in [0.2, 0.25) is 0 Å². The molecule has 1 N–H and O–H groups in total. The van der Waals surface area contributed by atoms with Crippen LogP contribution in [-0.4, -0.2) is 28.8 Å². The molecule has 0 saturated heterocycles. The SMILES string of the molecule is Sc1nc2ccccc2[nH]1.[LiH]. The number of benzene rings is 1. The second-order valence-electron chi connectivity index (χ2n) is 2.08. The maximum absolute atomic E-state index is 4.12. The molecule has 2 nitrogen and oxygen atoms in total. The van der Waals surface area contributed by atoms with Gasteiger partial charge in [-0.2, -0.15) is 0 Å². The van der Waals surface area contributed by atoms with Gasteiger partial charge in [0, 0.05) is 0 Å². The molecule has 0 saturated carbocycles. The van der Waals surface area contributed by atoms with Gasteiger partial charge in [0.1, 0.15) is 0 Å². The van der Waals surface area contributed by atoms with E-state index in [1.807, 2.05) is 24.3 Å². The summed E-state index contributed by atoms with van der Waals surface area (Å²) in [6.45, 7) is 0. The van der Waals surface area contributed by atoms with E-state index in [1.165, 1.54) is 0 Å². The summed E-state index contributed by atoms with van der Waals surface area (Å²) in [5, 5.41) is 0.668. The van der Waals surface area contributed by atoms with Crippen LogP contribution in [0, 0.1) is 0 Å². The van der Waals surface area contributed by atoms with Crippen LogP contribution in [-0.2, 0) is 0 Å². The molecular formula is C7H7LiN2S. The van der Waals surface area contributed by atoms with Gasteiger partial charge in [-0.15, -0.1) is 12.6 Å². The van der Waals surface area contributed by atoms with E-state index < -0.39 is 0 Å². The zero-order chi connectivity index (χ0) is 6.97. The number of hydrogen-bond donors (Lipinski definition) is 2. The molecule has 11 heavy (non-hydrogen) atoms. The first kappa shape index (κ1) is 8.73. The summed E-state index contributed by atoms with van der Waals surface area (Å²) in [6, 6.07) is 7.84. The van der Waals surface area contributed by atoms with Crippen molar-refractivity contribution in [1.29, 1.82) is 0 Å². The summed E-state index contributed by atoms with van der Waals surface area (Å²) < 4.78 is 0. The molecule has 52 valence electrons. The number of nitrogens with zero attached hydrogens (tertiary/aromatic N) is 1. The van der Waals surface area contributed by atoms with Gasteiger partial charge in [-0.3, -0.25) is 0 Å². The Hall–Kier alpha value is -0.363. The minimum atomic E-state index is 0. The number of hydrogen-bond acceptors (Lipinski definition) is 2. The summed E-state index contributed by atoms with van der Waals surface area (Å²) in [4.78, 5) is 7.13. The Balaban J connectivity index is 0.000000605. The van der Waals surface area contributed by atoms with Crippen molar-refractivity contribution in [3.63, 3.8) is 0 Å². The van der Waals surface area contributed by atoms with Crippen molar-refractivity contribution in [2.24, 2.45) is 0 Å². The summed E-state index contributed by atoms with van der Waals surface area (Å²) in [5.74, 6) is 0. The molecular weight excluding hydrogens is 151 g/mol. The first-order valence-electron chi connectivity index (χ1n) is 3.00. The number of H-pyrrole nitrogens is 1. The number of fused-ring (bicyclic) bond motifs is 1. The van der Waals surface area contributed by atoms with E-state index in [0.29, 0.717) is 5.16 Å². The summed E-state index contributed by atoms with van der Waals surface area (Å²) in [7, 11) is 0. The Bertz CT molecular complexity index is 325. The number of thiol groups is 1. The fourth-order valence-electron chi connectivity index (χ4n) is 0.939. The molecule has 0 aliphatic heterocycles. The first-order valence-corrected chi connectivity index (χ1v) is 3.45.